The molecule has 1 amide bonds. The number of thiophene rings is 1. The molecule has 0 bridgehead atoms. The molecule has 5 nitrogen and oxygen atoms in total. The van der Waals surface area contributed by atoms with Crippen molar-refractivity contribution in [3.8, 4) is 0 Å². The third kappa shape index (κ3) is 2.43. The van der Waals surface area contributed by atoms with E-state index in [0.717, 1.165) is 11.2 Å². The van der Waals surface area contributed by atoms with Crippen LogP contribution in [0.1, 0.15) is 27.4 Å². The van der Waals surface area contributed by atoms with E-state index in [-0.39, 0.29) is 17.9 Å². The van der Waals surface area contributed by atoms with Gasteiger partial charge < -0.3 is 14.4 Å². The Kier molecular flexibility index (Phi) is 3.76. The summed E-state index contributed by atoms with van der Waals surface area (Å²) in [5, 5.41) is 0. The Hall–Kier alpha value is -1.69. The Morgan fingerprint density at radius 1 is 1.61 bits per heavy atom. The van der Waals surface area contributed by atoms with E-state index >= 15 is 0 Å². The van der Waals surface area contributed by atoms with Crippen molar-refractivity contribution in [2.75, 3.05) is 7.11 Å². The van der Waals surface area contributed by atoms with Gasteiger partial charge in [-0.2, -0.15) is 0 Å². The summed E-state index contributed by atoms with van der Waals surface area (Å²) in [5.74, 6) is -0.397. The largest absolute Gasteiger partial charge is 0.465 e. The van der Waals surface area contributed by atoms with Crippen molar-refractivity contribution in [2.45, 2.75) is 25.4 Å². The van der Waals surface area contributed by atoms with Crippen LogP contribution in [0.15, 0.2) is 12.1 Å². The van der Waals surface area contributed by atoms with Crippen LogP contribution in [-0.4, -0.2) is 36.2 Å². The molecule has 0 aromatic carbocycles. The van der Waals surface area contributed by atoms with E-state index in [9.17, 15) is 14.4 Å². The number of carbonyl (C=O) groups excluding carboxylic acids is 3. The minimum atomic E-state index is -0.383. The molecular weight excluding hydrogens is 254 g/mol. The predicted molar refractivity (Wildman–Crippen MR) is 65.3 cm³/mol. The molecule has 2 heterocycles. The molecule has 1 fully saturated rings. The molecule has 0 unspecified atom stereocenters. The molecular formula is C12H13NO4S. The number of methoxy groups -OCH3 is 1. The average molecular weight is 267 g/mol. The third-order valence-electron chi connectivity index (χ3n) is 2.91. The fraction of sp³-hybridized carbons (Fsp3) is 0.417. The standard InChI is InChI=1S/C12H13NO4S/c1-17-12(16)10-4-3-9(18-10)6-13-8(7-14)2-5-11(13)15/h3-4,7-8H,2,5-6H2,1H3/t8-/m1/s1. The van der Waals surface area contributed by atoms with Crippen LogP contribution in [0.5, 0.6) is 0 Å². The van der Waals surface area contributed by atoms with Crippen molar-refractivity contribution < 1.29 is 19.1 Å². The van der Waals surface area contributed by atoms with Crippen LogP contribution >= 0.6 is 11.3 Å². The number of likely N-dealkylation sites (tertiary alicyclic amines) is 1. The number of nitrogens with zero attached hydrogens (tertiary/aromatic N) is 1. The summed E-state index contributed by atoms with van der Waals surface area (Å²) in [4.78, 5) is 36.7. The first kappa shape index (κ1) is 12.8. The van der Waals surface area contributed by atoms with Crippen LogP contribution in [0.4, 0.5) is 0 Å². The van der Waals surface area contributed by atoms with Crippen molar-refractivity contribution >= 4 is 29.5 Å². The number of rotatable bonds is 4. The van der Waals surface area contributed by atoms with Crippen molar-refractivity contribution in [3.63, 3.8) is 0 Å². The highest BCUT2D eigenvalue weighted by atomic mass is 32.1. The maximum Gasteiger partial charge on any atom is 0.348 e. The molecule has 1 aliphatic rings. The van der Waals surface area contributed by atoms with Crippen LogP contribution in [0.2, 0.25) is 0 Å². The molecule has 1 aromatic rings. The molecule has 2 rings (SSSR count). The van der Waals surface area contributed by atoms with Gasteiger partial charge >= 0.3 is 5.97 Å². The van der Waals surface area contributed by atoms with Gasteiger partial charge in [0.25, 0.3) is 0 Å². The summed E-state index contributed by atoms with van der Waals surface area (Å²) in [5.41, 5.74) is 0. The van der Waals surface area contributed by atoms with Gasteiger partial charge in [0.15, 0.2) is 0 Å². The SMILES string of the molecule is COC(=O)c1ccc(CN2C(=O)CC[C@@H]2C=O)s1. The fourth-order valence-corrected chi connectivity index (χ4v) is 2.87. The van der Waals surface area contributed by atoms with Gasteiger partial charge in [0, 0.05) is 11.3 Å². The van der Waals surface area contributed by atoms with Crippen molar-refractivity contribution in [3.05, 3.63) is 21.9 Å². The highest BCUT2D eigenvalue weighted by Gasteiger charge is 2.30. The number of ether oxygens (including phenoxy) is 1. The van der Waals surface area contributed by atoms with Crippen LogP contribution in [0.25, 0.3) is 0 Å². The summed E-state index contributed by atoms with van der Waals surface area (Å²) >= 11 is 1.28. The van der Waals surface area contributed by atoms with Crippen LogP contribution < -0.4 is 0 Å². The first-order valence-corrected chi connectivity index (χ1v) is 6.39. The molecule has 1 atom stereocenters. The summed E-state index contributed by atoms with van der Waals surface area (Å²) in [7, 11) is 1.33. The van der Waals surface area contributed by atoms with Crippen LogP contribution in [0, 0.1) is 0 Å². The molecule has 1 saturated heterocycles. The van der Waals surface area contributed by atoms with Gasteiger partial charge in [-0.1, -0.05) is 0 Å². The second-order valence-corrected chi connectivity index (χ2v) is 5.19. The van der Waals surface area contributed by atoms with Gasteiger partial charge in [-0.3, -0.25) is 4.79 Å². The fourth-order valence-electron chi connectivity index (χ4n) is 1.94. The van der Waals surface area contributed by atoms with E-state index in [4.69, 9.17) is 0 Å². The summed E-state index contributed by atoms with van der Waals surface area (Å²) in [6.45, 7) is 0.379. The number of carbonyl (C=O) groups is 3. The zero-order chi connectivity index (χ0) is 13.1. The highest BCUT2D eigenvalue weighted by Crippen LogP contribution is 2.24. The lowest BCUT2D eigenvalue weighted by atomic mass is 10.2. The molecule has 0 saturated carbocycles. The lowest BCUT2D eigenvalue weighted by molar-refractivity contribution is -0.131. The minimum absolute atomic E-state index is 0.0138. The van der Waals surface area contributed by atoms with E-state index in [1.807, 2.05) is 0 Å². The molecule has 18 heavy (non-hydrogen) atoms. The normalized spacial score (nSPS) is 19.1. The maximum absolute atomic E-state index is 11.6. The molecule has 0 N–H and O–H groups in total. The molecule has 0 spiro atoms. The van der Waals surface area contributed by atoms with Crippen LogP contribution in [0.3, 0.4) is 0 Å². The number of hydrogen-bond donors (Lipinski definition) is 0. The van der Waals surface area contributed by atoms with E-state index in [0.29, 0.717) is 24.3 Å². The highest BCUT2D eigenvalue weighted by molar-refractivity contribution is 7.13. The Labute approximate surface area is 108 Å². The Balaban J connectivity index is 2.09. The lowest BCUT2D eigenvalue weighted by Crippen LogP contribution is -2.33. The minimum Gasteiger partial charge on any atom is -0.465 e. The number of hydrogen-bond acceptors (Lipinski definition) is 5. The van der Waals surface area contributed by atoms with E-state index in [1.165, 1.54) is 18.4 Å². The molecule has 1 aromatic heterocycles. The first-order valence-electron chi connectivity index (χ1n) is 5.57. The van der Waals surface area contributed by atoms with E-state index in [1.54, 1.807) is 17.0 Å². The van der Waals surface area contributed by atoms with Crippen LogP contribution in [-0.2, 0) is 20.9 Å². The molecule has 96 valence electrons. The van der Waals surface area contributed by atoms with Gasteiger partial charge in [-0.05, 0) is 18.6 Å². The Bertz CT molecular complexity index is 482. The Morgan fingerprint density at radius 2 is 2.39 bits per heavy atom. The smallest absolute Gasteiger partial charge is 0.348 e. The number of amides is 1. The van der Waals surface area contributed by atoms with Gasteiger partial charge in [-0.15, -0.1) is 11.3 Å². The Morgan fingerprint density at radius 3 is 3.06 bits per heavy atom. The summed E-state index contributed by atoms with van der Waals surface area (Å²) in [6.07, 6.45) is 1.80. The average Bonchev–Trinajstić information content (AvgIpc) is 2.97. The zero-order valence-corrected chi connectivity index (χ0v) is 10.7. The van der Waals surface area contributed by atoms with Crippen molar-refractivity contribution in [1.82, 2.24) is 4.90 Å². The maximum atomic E-state index is 11.6. The number of esters is 1. The molecule has 0 radical (unpaired) electrons. The molecule has 1 aliphatic heterocycles. The van der Waals surface area contributed by atoms with Gasteiger partial charge in [0.2, 0.25) is 5.91 Å². The second-order valence-electron chi connectivity index (χ2n) is 4.02. The molecule has 0 aliphatic carbocycles. The van der Waals surface area contributed by atoms with Gasteiger partial charge in [0.1, 0.15) is 11.2 Å². The van der Waals surface area contributed by atoms with E-state index in [2.05, 4.69) is 4.74 Å². The second kappa shape index (κ2) is 5.30. The van der Waals surface area contributed by atoms with Gasteiger partial charge in [-0.25, -0.2) is 4.79 Å². The quantitative estimate of drug-likeness (QED) is 0.608. The van der Waals surface area contributed by atoms with Crippen molar-refractivity contribution in [2.24, 2.45) is 0 Å². The number of aldehydes is 1. The van der Waals surface area contributed by atoms with Crippen molar-refractivity contribution in [1.29, 1.82) is 0 Å². The van der Waals surface area contributed by atoms with E-state index < -0.39 is 0 Å². The summed E-state index contributed by atoms with van der Waals surface area (Å²) < 4.78 is 4.62. The first-order chi connectivity index (χ1) is 8.65. The third-order valence-corrected chi connectivity index (χ3v) is 3.96. The van der Waals surface area contributed by atoms with Gasteiger partial charge in [0.05, 0.1) is 19.7 Å². The zero-order valence-electron chi connectivity index (χ0n) is 9.92. The summed E-state index contributed by atoms with van der Waals surface area (Å²) in [6, 6.07) is 3.12. The predicted octanol–water partition coefficient (Wildman–Crippen LogP) is 1.22. The topological polar surface area (TPSA) is 63.7 Å². The molecule has 6 heteroatoms. The monoisotopic (exact) mass is 267 g/mol. The lowest BCUT2D eigenvalue weighted by Gasteiger charge is -2.19.